The number of aldehydes is 1. The summed E-state index contributed by atoms with van der Waals surface area (Å²) in [4.78, 5) is 13.6. The lowest BCUT2D eigenvalue weighted by atomic mass is 10.2. The largest absolute Gasteiger partial charge is 0.378 e. The zero-order valence-corrected chi connectivity index (χ0v) is 11.5. The fourth-order valence-electron chi connectivity index (χ4n) is 2.49. The molecule has 0 unspecified atom stereocenters. The third-order valence-electron chi connectivity index (χ3n) is 3.51. The van der Waals surface area contributed by atoms with Gasteiger partial charge in [0.1, 0.15) is 5.82 Å². The number of hydrogen-bond donors (Lipinski definition) is 0. The SMILES string of the molecule is Cc1nn(-c2ccccc2)c(N2CCOCC2)c1C=O. The van der Waals surface area contributed by atoms with Crippen LogP contribution in [0.15, 0.2) is 30.3 Å². The van der Waals surface area contributed by atoms with Crippen molar-refractivity contribution in [1.29, 1.82) is 0 Å². The first-order valence-corrected chi connectivity index (χ1v) is 6.74. The molecule has 5 heteroatoms. The first-order chi connectivity index (χ1) is 9.81. The van der Waals surface area contributed by atoms with Gasteiger partial charge in [-0.15, -0.1) is 0 Å². The van der Waals surface area contributed by atoms with Crippen LogP contribution < -0.4 is 4.90 Å². The quantitative estimate of drug-likeness (QED) is 0.799. The third-order valence-corrected chi connectivity index (χ3v) is 3.51. The number of rotatable bonds is 3. The van der Waals surface area contributed by atoms with E-state index in [1.54, 1.807) is 0 Å². The van der Waals surface area contributed by atoms with E-state index in [0.717, 1.165) is 36.6 Å². The van der Waals surface area contributed by atoms with E-state index < -0.39 is 0 Å². The molecule has 1 aromatic carbocycles. The predicted octanol–water partition coefficient (Wildman–Crippen LogP) is 1.83. The lowest BCUT2D eigenvalue weighted by Crippen LogP contribution is -2.38. The molecule has 0 N–H and O–H groups in total. The van der Waals surface area contributed by atoms with Crippen LogP contribution in [0.3, 0.4) is 0 Å². The highest BCUT2D eigenvalue weighted by atomic mass is 16.5. The molecule has 0 amide bonds. The van der Waals surface area contributed by atoms with Crippen molar-refractivity contribution in [3.8, 4) is 5.69 Å². The molecule has 0 spiro atoms. The van der Waals surface area contributed by atoms with Crippen molar-refractivity contribution in [2.24, 2.45) is 0 Å². The molecule has 1 saturated heterocycles. The summed E-state index contributed by atoms with van der Waals surface area (Å²) in [6.45, 7) is 4.78. The van der Waals surface area contributed by atoms with Crippen LogP contribution in [0.1, 0.15) is 16.1 Å². The van der Waals surface area contributed by atoms with Crippen LogP contribution in [0.5, 0.6) is 0 Å². The van der Waals surface area contributed by atoms with Crippen LogP contribution in [-0.4, -0.2) is 42.4 Å². The fraction of sp³-hybridized carbons (Fsp3) is 0.333. The number of carbonyl (C=O) groups is 1. The lowest BCUT2D eigenvalue weighted by molar-refractivity contribution is 0.111. The van der Waals surface area contributed by atoms with E-state index in [1.165, 1.54) is 0 Å². The zero-order chi connectivity index (χ0) is 13.9. The number of morpholine rings is 1. The maximum Gasteiger partial charge on any atom is 0.155 e. The summed E-state index contributed by atoms with van der Waals surface area (Å²) in [6, 6.07) is 9.89. The van der Waals surface area contributed by atoms with Gasteiger partial charge in [0, 0.05) is 13.1 Å². The van der Waals surface area contributed by atoms with Crippen LogP contribution in [0, 0.1) is 6.92 Å². The van der Waals surface area contributed by atoms with Gasteiger partial charge in [0.2, 0.25) is 0 Å². The molecule has 0 saturated carbocycles. The molecule has 5 nitrogen and oxygen atoms in total. The van der Waals surface area contributed by atoms with E-state index in [0.29, 0.717) is 18.8 Å². The van der Waals surface area contributed by atoms with Gasteiger partial charge in [0.05, 0.1) is 30.2 Å². The molecule has 20 heavy (non-hydrogen) atoms. The lowest BCUT2D eigenvalue weighted by Gasteiger charge is -2.29. The van der Waals surface area contributed by atoms with E-state index in [2.05, 4.69) is 10.00 Å². The summed E-state index contributed by atoms with van der Waals surface area (Å²) in [5, 5.41) is 4.53. The Morgan fingerprint density at radius 3 is 2.55 bits per heavy atom. The van der Waals surface area contributed by atoms with Gasteiger partial charge in [-0.2, -0.15) is 5.10 Å². The molecule has 1 fully saturated rings. The second kappa shape index (κ2) is 5.46. The number of nitrogens with zero attached hydrogens (tertiary/aromatic N) is 3. The highest BCUT2D eigenvalue weighted by Crippen LogP contribution is 2.26. The smallest absolute Gasteiger partial charge is 0.155 e. The number of benzene rings is 1. The maximum absolute atomic E-state index is 11.4. The number of ether oxygens (including phenoxy) is 1. The normalized spacial score (nSPS) is 15.3. The second-order valence-corrected chi connectivity index (χ2v) is 4.79. The maximum atomic E-state index is 11.4. The van der Waals surface area contributed by atoms with E-state index in [9.17, 15) is 4.79 Å². The standard InChI is InChI=1S/C15H17N3O2/c1-12-14(11-19)15(17-7-9-20-10-8-17)18(16-12)13-5-3-2-4-6-13/h2-6,11H,7-10H2,1H3. The molecule has 2 aromatic rings. The molecule has 0 aliphatic carbocycles. The van der Waals surface area contributed by atoms with Gasteiger partial charge in [0.25, 0.3) is 0 Å². The van der Waals surface area contributed by atoms with E-state index in [1.807, 2.05) is 41.9 Å². The van der Waals surface area contributed by atoms with Crippen LogP contribution in [-0.2, 0) is 4.74 Å². The number of para-hydroxylation sites is 1. The van der Waals surface area contributed by atoms with Crippen molar-refractivity contribution >= 4 is 12.1 Å². The zero-order valence-electron chi connectivity index (χ0n) is 11.5. The summed E-state index contributed by atoms with van der Waals surface area (Å²) in [6.07, 6.45) is 0.895. The second-order valence-electron chi connectivity index (χ2n) is 4.79. The number of aromatic nitrogens is 2. The number of hydrogen-bond acceptors (Lipinski definition) is 4. The fourth-order valence-corrected chi connectivity index (χ4v) is 2.49. The Labute approximate surface area is 117 Å². The summed E-state index contributed by atoms with van der Waals surface area (Å²) >= 11 is 0. The highest BCUT2D eigenvalue weighted by molar-refractivity contribution is 5.85. The minimum Gasteiger partial charge on any atom is -0.378 e. The van der Waals surface area contributed by atoms with Crippen LogP contribution in [0.2, 0.25) is 0 Å². The Hall–Kier alpha value is -2.14. The molecule has 1 aliphatic rings. The molecule has 3 rings (SSSR count). The van der Waals surface area contributed by atoms with E-state index in [4.69, 9.17) is 4.74 Å². The summed E-state index contributed by atoms with van der Waals surface area (Å²) in [7, 11) is 0. The van der Waals surface area contributed by atoms with E-state index >= 15 is 0 Å². The molecular formula is C15H17N3O2. The predicted molar refractivity (Wildman–Crippen MR) is 76.7 cm³/mol. The topological polar surface area (TPSA) is 47.4 Å². The third kappa shape index (κ3) is 2.20. The van der Waals surface area contributed by atoms with Gasteiger partial charge in [-0.25, -0.2) is 4.68 Å². The molecule has 0 radical (unpaired) electrons. The first kappa shape index (κ1) is 12.9. The Kier molecular flexibility index (Phi) is 3.52. The van der Waals surface area contributed by atoms with Crippen molar-refractivity contribution in [1.82, 2.24) is 9.78 Å². The average molecular weight is 271 g/mol. The van der Waals surface area contributed by atoms with Crippen LogP contribution in [0.25, 0.3) is 5.69 Å². The molecular weight excluding hydrogens is 254 g/mol. The van der Waals surface area contributed by atoms with Crippen molar-refractivity contribution in [2.45, 2.75) is 6.92 Å². The number of carbonyl (C=O) groups excluding carboxylic acids is 1. The highest BCUT2D eigenvalue weighted by Gasteiger charge is 2.23. The average Bonchev–Trinajstić information content (AvgIpc) is 2.85. The Bertz CT molecular complexity index is 601. The summed E-state index contributed by atoms with van der Waals surface area (Å²) in [5.74, 6) is 0.868. The Balaban J connectivity index is 2.12. The number of aryl methyl sites for hydroxylation is 1. The van der Waals surface area contributed by atoms with Gasteiger partial charge in [-0.3, -0.25) is 4.79 Å². The molecule has 0 atom stereocenters. The molecule has 104 valence electrons. The van der Waals surface area contributed by atoms with E-state index in [-0.39, 0.29) is 0 Å². The van der Waals surface area contributed by atoms with Crippen molar-refractivity contribution in [3.05, 3.63) is 41.6 Å². The molecule has 0 bridgehead atoms. The van der Waals surface area contributed by atoms with Crippen molar-refractivity contribution < 1.29 is 9.53 Å². The van der Waals surface area contributed by atoms with Crippen LogP contribution in [0.4, 0.5) is 5.82 Å². The minimum atomic E-state index is 0.663. The Morgan fingerprint density at radius 1 is 1.20 bits per heavy atom. The minimum absolute atomic E-state index is 0.663. The Morgan fingerprint density at radius 2 is 1.90 bits per heavy atom. The molecule has 1 aromatic heterocycles. The summed E-state index contributed by atoms with van der Waals surface area (Å²) in [5.41, 5.74) is 2.38. The molecule has 1 aliphatic heterocycles. The molecule has 2 heterocycles. The van der Waals surface area contributed by atoms with Gasteiger partial charge in [-0.1, -0.05) is 18.2 Å². The van der Waals surface area contributed by atoms with Crippen molar-refractivity contribution in [2.75, 3.05) is 31.2 Å². The van der Waals surface area contributed by atoms with Crippen molar-refractivity contribution in [3.63, 3.8) is 0 Å². The number of anilines is 1. The monoisotopic (exact) mass is 271 g/mol. The van der Waals surface area contributed by atoms with Gasteiger partial charge >= 0.3 is 0 Å². The van der Waals surface area contributed by atoms with Gasteiger partial charge in [-0.05, 0) is 19.1 Å². The first-order valence-electron chi connectivity index (χ1n) is 6.74. The van der Waals surface area contributed by atoms with Gasteiger partial charge < -0.3 is 9.64 Å². The van der Waals surface area contributed by atoms with Gasteiger partial charge in [0.15, 0.2) is 6.29 Å². The summed E-state index contributed by atoms with van der Waals surface area (Å²) < 4.78 is 7.24. The van der Waals surface area contributed by atoms with Crippen LogP contribution >= 0.6 is 0 Å².